The fourth-order valence-corrected chi connectivity index (χ4v) is 10.1. The van der Waals surface area contributed by atoms with Gasteiger partial charge in [-0.1, -0.05) is 235 Å². The molecule has 0 atom stereocenters. The van der Waals surface area contributed by atoms with Crippen molar-refractivity contribution in [2.45, 2.75) is 287 Å². The molecular formula is C66H112O8. The second-order valence-electron chi connectivity index (χ2n) is 22.6. The first kappa shape index (κ1) is 64.9. The highest BCUT2D eigenvalue weighted by Gasteiger charge is 2.41. The molecule has 0 amide bonds. The zero-order valence-corrected chi connectivity index (χ0v) is 49.3. The van der Waals surface area contributed by atoms with Gasteiger partial charge in [-0.05, 0) is 75.3 Å². The zero-order valence-electron chi connectivity index (χ0n) is 49.3. The molecule has 424 valence electrons. The number of carbonyl (C=O) groups is 2. The smallest absolute Gasteiger partial charge is 0.204 e. The van der Waals surface area contributed by atoms with E-state index in [2.05, 4.69) is 55.4 Å². The van der Waals surface area contributed by atoms with E-state index in [1.165, 1.54) is 141 Å². The third-order valence-corrected chi connectivity index (χ3v) is 14.7. The molecule has 0 heterocycles. The highest BCUT2D eigenvalue weighted by Crippen LogP contribution is 2.51. The lowest BCUT2D eigenvalue weighted by molar-refractivity contribution is 0.0968. The standard InChI is InChI=1S/C66H112O8/c1-9-13-17-21-25-29-33-37-45-69-57-51-55-59(65(73-49-41-43-53(5)6)63(57)71-47-39-35-31-27-23-19-15-11-3)62(68)56-52-58(70-46-38-34-30-26-22-18-14-10-2)64(72-48-40-36-32-28-24-20-16-12-4)66(60(56)61(55)67)74-50-42-44-54(7)8/h51-54H,9-50H2,1-8H3. The number of rotatable bonds is 50. The molecule has 0 unspecified atom stereocenters. The fraction of sp³-hybridized carbons (Fsp3) is 0.788. The van der Waals surface area contributed by atoms with Crippen molar-refractivity contribution in [3.63, 3.8) is 0 Å². The van der Waals surface area contributed by atoms with E-state index in [4.69, 9.17) is 28.4 Å². The molecule has 0 saturated heterocycles. The number of fused-ring (bicyclic) bond motifs is 2. The summed E-state index contributed by atoms with van der Waals surface area (Å²) in [5.74, 6) is 2.83. The van der Waals surface area contributed by atoms with E-state index in [9.17, 15) is 0 Å². The average molecular weight is 1030 g/mol. The Morgan fingerprint density at radius 3 is 0.797 bits per heavy atom. The summed E-state index contributed by atoms with van der Waals surface area (Å²) >= 11 is 0. The van der Waals surface area contributed by atoms with Crippen LogP contribution < -0.4 is 28.4 Å². The van der Waals surface area contributed by atoms with E-state index >= 15 is 9.59 Å². The molecule has 0 aromatic heterocycles. The van der Waals surface area contributed by atoms with Gasteiger partial charge < -0.3 is 28.4 Å². The molecule has 0 spiro atoms. The third-order valence-electron chi connectivity index (χ3n) is 14.7. The van der Waals surface area contributed by atoms with Crippen molar-refractivity contribution in [1.29, 1.82) is 0 Å². The highest BCUT2D eigenvalue weighted by atomic mass is 16.5. The van der Waals surface area contributed by atoms with Crippen LogP contribution in [0.3, 0.4) is 0 Å². The van der Waals surface area contributed by atoms with Gasteiger partial charge in [-0.2, -0.15) is 0 Å². The van der Waals surface area contributed by atoms with Gasteiger partial charge in [-0.3, -0.25) is 9.59 Å². The maximum absolute atomic E-state index is 15.5. The molecular weight excluding hydrogens is 921 g/mol. The Balaban J connectivity index is 2.12. The Morgan fingerprint density at radius 2 is 0.527 bits per heavy atom. The lowest BCUT2D eigenvalue weighted by atomic mass is 9.82. The summed E-state index contributed by atoms with van der Waals surface area (Å²) in [7, 11) is 0. The van der Waals surface area contributed by atoms with E-state index in [1.54, 1.807) is 12.1 Å². The van der Waals surface area contributed by atoms with Crippen molar-refractivity contribution in [2.24, 2.45) is 11.8 Å². The number of benzene rings is 2. The maximum Gasteiger partial charge on any atom is 0.204 e. The quantitative estimate of drug-likeness (QED) is 0.0517. The van der Waals surface area contributed by atoms with Crippen LogP contribution in [0.25, 0.3) is 0 Å². The van der Waals surface area contributed by atoms with Crippen LogP contribution >= 0.6 is 0 Å². The molecule has 0 bridgehead atoms. The monoisotopic (exact) mass is 1030 g/mol. The normalized spacial score (nSPS) is 12.2. The van der Waals surface area contributed by atoms with Crippen LogP contribution in [-0.2, 0) is 0 Å². The van der Waals surface area contributed by atoms with Crippen molar-refractivity contribution < 1.29 is 38.0 Å². The van der Waals surface area contributed by atoms with Gasteiger partial charge in [-0.15, -0.1) is 0 Å². The van der Waals surface area contributed by atoms with Crippen molar-refractivity contribution in [3.05, 3.63) is 34.4 Å². The summed E-state index contributed by atoms with van der Waals surface area (Å²) in [4.78, 5) is 31.1. The van der Waals surface area contributed by atoms with Gasteiger partial charge in [0.05, 0.1) is 50.8 Å². The van der Waals surface area contributed by atoms with Crippen LogP contribution in [0.2, 0.25) is 0 Å². The average Bonchev–Trinajstić information content (AvgIpc) is 3.38. The number of hydrogen-bond donors (Lipinski definition) is 0. The van der Waals surface area contributed by atoms with Crippen molar-refractivity contribution in [1.82, 2.24) is 0 Å². The largest absolute Gasteiger partial charge is 0.490 e. The first-order valence-electron chi connectivity index (χ1n) is 31.5. The predicted molar refractivity (Wildman–Crippen MR) is 311 cm³/mol. The summed E-state index contributed by atoms with van der Waals surface area (Å²) in [5.41, 5.74) is 1.01. The summed E-state index contributed by atoms with van der Waals surface area (Å²) in [6.07, 6.45) is 41.3. The Hall–Kier alpha value is -3.42. The van der Waals surface area contributed by atoms with Crippen molar-refractivity contribution in [2.75, 3.05) is 39.6 Å². The fourth-order valence-electron chi connectivity index (χ4n) is 10.1. The number of unbranched alkanes of at least 4 members (excludes halogenated alkanes) is 28. The molecule has 3 rings (SSSR count). The number of ether oxygens (including phenoxy) is 6. The van der Waals surface area contributed by atoms with Gasteiger partial charge in [0.25, 0.3) is 0 Å². The van der Waals surface area contributed by atoms with E-state index in [0.29, 0.717) is 86.0 Å². The van der Waals surface area contributed by atoms with Crippen molar-refractivity contribution >= 4 is 11.6 Å². The molecule has 8 nitrogen and oxygen atoms in total. The van der Waals surface area contributed by atoms with Gasteiger partial charge in [0.2, 0.25) is 11.5 Å². The van der Waals surface area contributed by atoms with E-state index in [-0.39, 0.29) is 33.8 Å². The Bertz CT molecular complexity index is 1640. The summed E-state index contributed by atoms with van der Waals surface area (Å²) in [5, 5.41) is 0. The van der Waals surface area contributed by atoms with Gasteiger partial charge >= 0.3 is 0 Å². The number of ketones is 2. The Morgan fingerprint density at radius 1 is 0.297 bits per heavy atom. The lowest BCUT2D eigenvalue weighted by Gasteiger charge is -2.27. The highest BCUT2D eigenvalue weighted by molar-refractivity contribution is 6.31. The van der Waals surface area contributed by atoms with Crippen LogP contribution in [0.1, 0.15) is 318 Å². The Labute approximate surface area is 454 Å². The molecule has 2 aromatic carbocycles. The minimum Gasteiger partial charge on any atom is -0.490 e. The Kier molecular flexibility index (Phi) is 36.6. The van der Waals surface area contributed by atoms with Gasteiger partial charge in [0.1, 0.15) is 0 Å². The van der Waals surface area contributed by atoms with E-state index < -0.39 is 0 Å². The van der Waals surface area contributed by atoms with Gasteiger partial charge in [0, 0.05) is 11.1 Å². The molecule has 1 aliphatic carbocycles. The zero-order chi connectivity index (χ0) is 53.4. The molecule has 0 N–H and O–H groups in total. The summed E-state index contributed by atoms with van der Waals surface area (Å²) in [6, 6.07) is 3.53. The van der Waals surface area contributed by atoms with Gasteiger partial charge in [0.15, 0.2) is 34.6 Å². The SMILES string of the molecule is CCCCCCCCCCOc1cc2c(c(OCCCC(C)C)c1OCCCCCCCCCC)C(=O)c1cc(OCCCCCCCCCC)c(OCCCCCCCCCC)c(OCCCC(C)C)c1C2=O. The molecule has 2 aromatic rings. The molecule has 0 saturated carbocycles. The van der Waals surface area contributed by atoms with Crippen LogP contribution in [-0.4, -0.2) is 51.2 Å². The van der Waals surface area contributed by atoms with Crippen LogP contribution in [0.4, 0.5) is 0 Å². The molecule has 8 heteroatoms. The second kappa shape index (κ2) is 41.7. The summed E-state index contributed by atoms with van der Waals surface area (Å²) < 4.78 is 40.3. The molecule has 1 aliphatic rings. The molecule has 0 aliphatic heterocycles. The summed E-state index contributed by atoms with van der Waals surface area (Å²) in [6.45, 7) is 20.5. The number of carbonyl (C=O) groups excluding carboxylic acids is 2. The van der Waals surface area contributed by atoms with E-state index in [1.807, 2.05) is 0 Å². The topological polar surface area (TPSA) is 89.5 Å². The maximum atomic E-state index is 15.5. The minimum atomic E-state index is -0.293. The third kappa shape index (κ3) is 25.6. The minimum absolute atomic E-state index is 0.241. The van der Waals surface area contributed by atoms with E-state index in [0.717, 1.165) is 89.9 Å². The molecule has 0 fully saturated rings. The molecule has 74 heavy (non-hydrogen) atoms. The van der Waals surface area contributed by atoms with Crippen LogP contribution in [0, 0.1) is 11.8 Å². The second-order valence-corrected chi connectivity index (χ2v) is 22.6. The first-order chi connectivity index (χ1) is 36.2. The van der Waals surface area contributed by atoms with Crippen LogP contribution in [0.5, 0.6) is 34.5 Å². The number of hydrogen-bond acceptors (Lipinski definition) is 8. The lowest BCUT2D eigenvalue weighted by Crippen LogP contribution is -2.25. The van der Waals surface area contributed by atoms with Gasteiger partial charge in [-0.25, -0.2) is 0 Å². The van der Waals surface area contributed by atoms with Crippen molar-refractivity contribution in [3.8, 4) is 34.5 Å². The predicted octanol–water partition coefficient (Wildman–Crippen LogP) is 20.2. The first-order valence-corrected chi connectivity index (χ1v) is 31.5. The molecule has 0 radical (unpaired) electrons. The van der Waals surface area contributed by atoms with Crippen LogP contribution in [0.15, 0.2) is 12.1 Å².